The standard InChI is InChI=1S/C14H20N4O2/c1-15-13(19)5-10-8-20-9-11-6-18(7-12(10)11)14-16-3-2-4-17-14/h2-4,10-12H,5-9H2,1H3,(H,15,19)/t10-,11-,12+/m1/s1. The highest BCUT2D eigenvalue weighted by Gasteiger charge is 2.42. The molecule has 0 radical (unpaired) electrons. The molecule has 6 heteroatoms. The quantitative estimate of drug-likeness (QED) is 0.860. The number of nitrogens with one attached hydrogen (secondary N) is 1. The van der Waals surface area contributed by atoms with Crippen LogP contribution in [-0.4, -0.2) is 49.2 Å². The van der Waals surface area contributed by atoms with E-state index in [0.717, 1.165) is 25.6 Å². The summed E-state index contributed by atoms with van der Waals surface area (Å²) >= 11 is 0. The summed E-state index contributed by atoms with van der Waals surface area (Å²) in [6.45, 7) is 3.29. The highest BCUT2D eigenvalue weighted by atomic mass is 16.5. The molecule has 108 valence electrons. The summed E-state index contributed by atoms with van der Waals surface area (Å²) in [5, 5.41) is 2.70. The number of nitrogens with zero attached hydrogens (tertiary/aromatic N) is 3. The zero-order valence-electron chi connectivity index (χ0n) is 11.7. The third-order valence-electron chi connectivity index (χ3n) is 4.32. The second kappa shape index (κ2) is 5.75. The lowest BCUT2D eigenvalue weighted by Crippen LogP contribution is -2.37. The topological polar surface area (TPSA) is 67.3 Å². The fourth-order valence-electron chi connectivity index (χ4n) is 3.27. The van der Waals surface area contributed by atoms with Gasteiger partial charge in [-0.2, -0.15) is 0 Å². The lowest BCUT2D eigenvalue weighted by atomic mass is 9.81. The zero-order chi connectivity index (χ0) is 13.9. The molecule has 6 nitrogen and oxygen atoms in total. The van der Waals surface area contributed by atoms with Gasteiger partial charge in [-0.25, -0.2) is 9.97 Å². The van der Waals surface area contributed by atoms with Crippen LogP contribution in [0, 0.1) is 17.8 Å². The Morgan fingerprint density at radius 2 is 2.20 bits per heavy atom. The van der Waals surface area contributed by atoms with E-state index in [1.54, 1.807) is 19.4 Å². The summed E-state index contributed by atoms with van der Waals surface area (Å²) in [4.78, 5) is 22.5. The molecule has 1 aromatic heterocycles. The molecule has 2 aliphatic rings. The van der Waals surface area contributed by atoms with Crippen LogP contribution in [0.4, 0.5) is 5.95 Å². The van der Waals surface area contributed by atoms with Crippen molar-refractivity contribution in [2.75, 3.05) is 38.3 Å². The predicted octanol–water partition coefficient (Wildman–Crippen LogP) is 0.311. The van der Waals surface area contributed by atoms with Crippen molar-refractivity contribution >= 4 is 11.9 Å². The molecule has 0 bridgehead atoms. The second-order valence-corrected chi connectivity index (χ2v) is 5.55. The van der Waals surface area contributed by atoms with E-state index in [0.29, 0.717) is 30.8 Å². The van der Waals surface area contributed by atoms with Crippen LogP contribution < -0.4 is 10.2 Å². The van der Waals surface area contributed by atoms with Crippen LogP contribution >= 0.6 is 0 Å². The lowest BCUT2D eigenvalue weighted by molar-refractivity contribution is -0.124. The molecule has 3 rings (SSSR count). The van der Waals surface area contributed by atoms with Crippen molar-refractivity contribution in [3.8, 4) is 0 Å². The van der Waals surface area contributed by atoms with E-state index in [4.69, 9.17) is 4.74 Å². The molecule has 1 N–H and O–H groups in total. The number of hydrogen-bond donors (Lipinski definition) is 1. The van der Waals surface area contributed by atoms with Crippen LogP contribution in [0.25, 0.3) is 0 Å². The van der Waals surface area contributed by atoms with Crippen LogP contribution in [0.1, 0.15) is 6.42 Å². The van der Waals surface area contributed by atoms with Crippen LogP contribution in [-0.2, 0) is 9.53 Å². The Morgan fingerprint density at radius 1 is 1.40 bits per heavy atom. The van der Waals surface area contributed by atoms with Gasteiger partial charge in [-0.15, -0.1) is 0 Å². The van der Waals surface area contributed by atoms with Crippen LogP contribution in [0.5, 0.6) is 0 Å². The Morgan fingerprint density at radius 3 is 2.95 bits per heavy atom. The van der Waals surface area contributed by atoms with Gasteiger partial charge in [0.25, 0.3) is 0 Å². The Bertz CT molecular complexity index is 468. The minimum Gasteiger partial charge on any atom is -0.381 e. The molecule has 0 unspecified atom stereocenters. The van der Waals surface area contributed by atoms with E-state index in [1.807, 2.05) is 6.07 Å². The minimum atomic E-state index is 0.0914. The molecule has 2 fully saturated rings. The van der Waals surface area contributed by atoms with Gasteiger partial charge in [-0.3, -0.25) is 4.79 Å². The highest BCUT2D eigenvalue weighted by Crippen LogP contribution is 2.36. The van der Waals surface area contributed by atoms with E-state index in [-0.39, 0.29) is 5.91 Å². The molecule has 0 spiro atoms. The van der Waals surface area contributed by atoms with E-state index >= 15 is 0 Å². The van der Waals surface area contributed by atoms with Crippen molar-refractivity contribution in [1.82, 2.24) is 15.3 Å². The Hall–Kier alpha value is -1.69. The largest absolute Gasteiger partial charge is 0.381 e. The summed E-state index contributed by atoms with van der Waals surface area (Å²) in [5.41, 5.74) is 0. The van der Waals surface area contributed by atoms with Crippen molar-refractivity contribution in [2.24, 2.45) is 17.8 Å². The van der Waals surface area contributed by atoms with Crippen molar-refractivity contribution < 1.29 is 9.53 Å². The van der Waals surface area contributed by atoms with Crippen molar-refractivity contribution in [3.05, 3.63) is 18.5 Å². The van der Waals surface area contributed by atoms with E-state index in [1.165, 1.54) is 0 Å². The molecule has 1 amide bonds. The number of anilines is 1. The number of amides is 1. The van der Waals surface area contributed by atoms with Crippen LogP contribution in [0.3, 0.4) is 0 Å². The first-order chi connectivity index (χ1) is 9.78. The van der Waals surface area contributed by atoms with Gasteiger partial charge in [0.15, 0.2) is 0 Å². The number of rotatable bonds is 3. The lowest BCUT2D eigenvalue weighted by Gasteiger charge is -2.32. The monoisotopic (exact) mass is 276 g/mol. The maximum atomic E-state index is 11.6. The van der Waals surface area contributed by atoms with Gasteiger partial charge in [0.05, 0.1) is 13.2 Å². The Labute approximate surface area is 118 Å². The molecule has 0 aromatic carbocycles. The van der Waals surface area contributed by atoms with Gasteiger partial charge in [-0.1, -0.05) is 0 Å². The maximum Gasteiger partial charge on any atom is 0.225 e. The van der Waals surface area contributed by atoms with Gasteiger partial charge < -0.3 is 15.0 Å². The average molecular weight is 276 g/mol. The molecule has 1 aromatic rings. The number of aromatic nitrogens is 2. The second-order valence-electron chi connectivity index (χ2n) is 5.55. The fourth-order valence-corrected chi connectivity index (χ4v) is 3.27. The van der Waals surface area contributed by atoms with Crippen molar-refractivity contribution in [3.63, 3.8) is 0 Å². The predicted molar refractivity (Wildman–Crippen MR) is 74.2 cm³/mol. The van der Waals surface area contributed by atoms with Gasteiger partial charge in [0.1, 0.15) is 0 Å². The molecule has 2 saturated heterocycles. The molecule has 2 aliphatic heterocycles. The SMILES string of the molecule is CNC(=O)C[C@@H]1COC[C@H]2CN(c3ncccn3)C[C@@H]12. The van der Waals surface area contributed by atoms with Crippen LogP contribution in [0.2, 0.25) is 0 Å². The summed E-state index contributed by atoms with van der Waals surface area (Å²) < 4.78 is 5.68. The Balaban J connectivity index is 1.70. The Kier molecular flexibility index (Phi) is 3.82. The first kappa shape index (κ1) is 13.3. The van der Waals surface area contributed by atoms with E-state index in [2.05, 4.69) is 20.2 Å². The summed E-state index contributed by atoms with van der Waals surface area (Å²) in [7, 11) is 1.68. The third kappa shape index (κ3) is 2.60. The molecular formula is C14H20N4O2. The fraction of sp³-hybridized carbons (Fsp3) is 0.643. The third-order valence-corrected chi connectivity index (χ3v) is 4.32. The molecule has 0 saturated carbocycles. The number of ether oxygens (including phenoxy) is 1. The molecular weight excluding hydrogens is 256 g/mol. The molecule has 3 atom stereocenters. The maximum absolute atomic E-state index is 11.6. The van der Waals surface area contributed by atoms with Crippen LogP contribution in [0.15, 0.2) is 18.5 Å². The van der Waals surface area contributed by atoms with Crippen molar-refractivity contribution in [2.45, 2.75) is 6.42 Å². The van der Waals surface area contributed by atoms with Gasteiger partial charge in [-0.05, 0) is 17.9 Å². The summed E-state index contributed by atoms with van der Waals surface area (Å²) in [5.74, 6) is 2.13. The minimum absolute atomic E-state index is 0.0914. The number of hydrogen-bond acceptors (Lipinski definition) is 5. The smallest absolute Gasteiger partial charge is 0.225 e. The normalized spacial score (nSPS) is 29.1. The number of carbonyl (C=O) groups is 1. The number of fused-ring (bicyclic) bond motifs is 1. The number of carbonyl (C=O) groups excluding carboxylic acids is 1. The van der Waals surface area contributed by atoms with Crippen molar-refractivity contribution in [1.29, 1.82) is 0 Å². The van der Waals surface area contributed by atoms with Gasteiger partial charge in [0, 0.05) is 44.9 Å². The molecule has 0 aliphatic carbocycles. The first-order valence-electron chi connectivity index (χ1n) is 7.08. The van der Waals surface area contributed by atoms with E-state index < -0.39 is 0 Å². The average Bonchev–Trinajstić information content (AvgIpc) is 2.93. The van der Waals surface area contributed by atoms with Gasteiger partial charge >= 0.3 is 0 Å². The first-order valence-corrected chi connectivity index (χ1v) is 7.08. The van der Waals surface area contributed by atoms with Gasteiger partial charge in [0.2, 0.25) is 11.9 Å². The highest BCUT2D eigenvalue weighted by molar-refractivity contribution is 5.75. The van der Waals surface area contributed by atoms with E-state index in [9.17, 15) is 4.79 Å². The summed E-state index contributed by atoms with van der Waals surface area (Å²) in [6.07, 6.45) is 4.08. The summed E-state index contributed by atoms with van der Waals surface area (Å²) in [6, 6.07) is 1.82. The zero-order valence-corrected chi connectivity index (χ0v) is 11.7. The molecule has 3 heterocycles. The molecule has 20 heavy (non-hydrogen) atoms.